The summed E-state index contributed by atoms with van der Waals surface area (Å²) in [6.07, 6.45) is 1.67. The van der Waals surface area contributed by atoms with Crippen molar-refractivity contribution in [3.8, 4) is 22.8 Å². The molecule has 0 spiro atoms. The summed E-state index contributed by atoms with van der Waals surface area (Å²) in [7, 11) is 0. The summed E-state index contributed by atoms with van der Waals surface area (Å²) >= 11 is 3.47. The molecule has 2 aromatic heterocycles. The minimum absolute atomic E-state index is 0.322. The van der Waals surface area contributed by atoms with Gasteiger partial charge in [0.2, 0.25) is 0 Å². The van der Waals surface area contributed by atoms with Crippen LogP contribution in [0.2, 0.25) is 0 Å². The van der Waals surface area contributed by atoms with Crippen molar-refractivity contribution in [2.45, 2.75) is 6.54 Å². The van der Waals surface area contributed by atoms with Crippen LogP contribution in [-0.2, 0) is 6.54 Å². The number of fused-ring (bicyclic) bond motifs is 2. The first-order valence-electron chi connectivity index (χ1n) is 9.10. The monoisotopic (exact) mass is 454 g/mol. The van der Waals surface area contributed by atoms with Crippen LogP contribution in [0.4, 0.5) is 10.2 Å². The molecule has 8 heteroatoms. The molecule has 1 N–H and O–H groups in total. The van der Waals surface area contributed by atoms with Crippen molar-refractivity contribution in [2.24, 2.45) is 0 Å². The highest BCUT2D eigenvalue weighted by atomic mass is 79.9. The van der Waals surface area contributed by atoms with Gasteiger partial charge in [0.25, 0.3) is 0 Å². The molecule has 0 bridgehead atoms. The van der Waals surface area contributed by atoms with E-state index >= 15 is 0 Å². The number of benzene rings is 2. The Morgan fingerprint density at radius 3 is 2.76 bits per heavy atom. The average Bonchev–Trinajstić information content (AvgIpc) is 3.13. The first-order valence-corrected chi connectivity index (χ1v) is 9.90. The number of hydrogen-bond acceptors (Lipinski definition) is 5. The van der Waals surface area contributed by atoms with Gasteiger partial charge < -0.3 is 14.8 Å². The van der Waals surface area contributed by atoms with Crippen molar-refractivity contribution in [3.63, 3.8) is 0 Å². The van der Waals surface area contributed by atoms with Gasteiger partial charge in [-0.2, -0.15) is 9.61 Å². The predicted octanol–water partition coefficient (Wildman–Crippen LogP) is 4.68. The third-order valence-corrected chi connectivity index (χ3v) is 5.22. The molecule has 5 rings (SSSR count). The molecule has 0 amide bonds. The van der Waals surface area contributed by atoms with E-state index in [-0.39, 0.29) is 5.82 Å². The first-order chi connectivity index (χ1) is 14.2. The van der Waals surface area contributed by atoms with E-state index in [2.05, 4.69) is 31.3 Å². The molecule has 0 unspecified atom stereocenters. The number of rotatable bonds is 4. The second-order valence-electron chi connectivity index (χ2n) is 6.57. The van der Waals surface area contributed by atoms with E-state index in [0.29, 0.717) is 42.5 Å². The third kappa shape index (κ3) is 3.40. The number of hydrogen-bond donors (Lipinski definition) is 1. The number of anilines is 1. The second kappa shape index (κ2) is 7.36. The van der Waals surface area contributed by atoms with Crippen LogP contribution in [0.25, 0.3) is 16.9 Å². The molecule has 146 valence electrons. The summed E-state index contributed by atoms with van der Waals surface area (Å²) < 4.78 is 28.0. The van der Waals surface area contributed by atoms with Crippen LogP contribution >= 0.6 is 15.9 Å². The highest BCUT2D eigenvalue weighted by molar-refractivity contribution is 9.10. The SMILES string of the molecule is Fc1ccccc1-c1cc(NCc2ccc3c(c2)OCCO3)n2ncc(Br)c2n1. The summed E-state index contributed by atoms with van der Waals surface area (Å²) in [5, 5.41) is 7.74. The highest BCUT2D eigenvalue weighted by Gasteiger charge is 2.15. The standard InChI is InChI=1S/C21H16BrFN4O2/c22-15-12-25-27-20(10-17(26-21(15)27)14-3-1-2-4-16(14)23)24-11-13-5-6-18-19(9-13)29-8-7-28-18/h1-6,9-10,12,24H,7-8,11H2. The van der Waals surface area contributed by atoms with Gasteiger partial charge in [0.15, 0.2) is 17.1 Å². The number of aromatic nitrogens is 3. The van der Waals surface area contributed by atoms with Crippen LogP contribution in [0.15, 0.2) is 59.2 Å². The molecule has 0 saturated carbocycles. The number of nitrogens with one attached hydrogen (secondary N) is 1. The van der Waals surface area contributed by atoms with Gasteiger partial charge in [-0.3, -0.25) is 0 Å². The van der Waals surface area contributed by atoms with E-state index in [1.807, 2.05) is 18.2 Å². The van der Waals surface area contributed by atoms with E-state index in [9.17, 15) is 4.39 Å². The third-order valence-electron chi connectivity index (χ3n) is 4.66. The number of nitrogens with zero attached hydrogens (tertiary/aromatic N) is 3. The summed E-state index contributed by atoms with van der Waals surface area (Å²) in [4.78, 5) is 4.58. The molecule has 2 aromatic carbocycles. The van der Waals surface area contributed by atoms with Crippen molar-refractivity contribution in [1.29, 1.82) is 0 Å². The van der Waals surface area contributed by atoms with Crippen molar-refractivity contribution < 1.29 is 13.9 Å². The maximum absolute atomic E-state index is 14.3. The van der Waals surface area contributed by atoms with Crippen LogP contribution < -0.4 is 14.8 Å². The molecule has 0 fully saturated rings. The Morgan fingerprint density at radius 2 is 1.90 bits per heavy atom. The van der Waals surface area contributed by atoms with Crippen LogP contribution in [-0.4, -0.2) is 27.8 Å². The lowest BCUT2D eigenvalue weighted by Crippen LogP contribution is -2.15. The van der Waals surface area contributed by atoms with Crippen LogP contribution in [0.5, 0.6) is 11.5 Å². The van der Waals surface area contributed by atoms with Crippen molar-refractivity contribution in [2.75, 3.05) is 18.5 Å². The van der Waals surface area contributed by atoms with Gasteiger partial charge in [0, 0.05) is 18.2 Å². The molecule has 0 aliphatic carbocycles. The minimum atomic E-state index is -0.322. The largest absolute Gasteiger partial charge is 0.486 e. The zero-order valence-corrected chi connectivity index (χ0v) is 16.8. The zero-order chi connectivity index (χ0) is 19.8. The quantitative estimate of drug-likeness (QED) is 0.484. The molecule has 1 aliphatic rings. The molecule has 0 atom stereocenters. The molecule has 0 radical (unpaired) electrons. The minimum Gasteiger partial charge on any atom is -0.486 e. The van der Waals surface area contributed by atoms with Crippen LogP contribution in [0, 0.1) is 5.82 Å². The molecular formula is C21H16BrFN4O2. The van der Waals surface area contributed by atoms with Gasteiger partial charge in [-0.25, -0.2) is 9.37 Å². The Hall–Kier alpha value is -3.13. The fourth-order valence-electron chi connectivity index (χ4n) is 3.26. The van der Waals surface area contributed by atoms with Gasteiger partial charge in [-0.1, -0.05) is 18.2 Å². The van der Waals surface area contributed by atoms with E-state index in [1.54, 1.807) is 35.0 Å². The lowest BCUT2D eigenvalue weighted by Gasteiger charge is -2.19. The summed E-state index contributed by atoms with van der Waals surface area (Å²) in [6.45, 7) is 1.64. The van der Waals surface area contributed by atoms with Gasteiger partial charge in [-0.05, 0) is 45.8 Å². The van der Waals surface area contributed by atoms with Crippen LogP contribution in [0.1, 0.15) is 5.56 Å². The van der Waals surface area contributed by atoms with E-state index in [0.717, 1.165) is 21.5 Å². The van der Waals surface area contributed by atoms with E-state index < -0.39 is 0 Å². The van der Waals surface area contributed by atoms with Crippen molar-refractivity contribution in [3.05, 3.63) is 70.6 Å². The lowest BCUT2D eigenvalue weighted by molar-refractivity contribution is 0.171. The topological polar surface area (TPSA) is 60.7 Å². The van der Waals surface area contributed by atoms with Gasteiger partial charge in [0.05, 0.1) is 16.4 Å². The first kappa shape index (κ1) is 17.9. The van der Waals surface area contributed by atoms with Crippen molar-refractivity contribution >= 4 is 27.4 Å². The van der Waals surface area contributed by atoms with E-state index in [4.69, 9.17) is 9.47 Å². The highest BCUT2D eigenvalue weighted by Crippen LogP contribution is 2.31. The summed E-state index contributed by atoms with van der Waals surface area (Å²) in [6, 6.07) is 14.2. The Bertz CT molecular complexity index is 1210. The number of halogens is 2. The molecular weight excluding hydrogens is 439 g/mol. The number of ether oxygens (including phenoxy) is 2. The van der Waals surface area contributed by atoms with Gasteiger partial charge >= 0.3 is 0 Å². The Morgan fingerprint density at radius 1 is 1.07 bits per heavy atom. The fraction of sp³-hybridized carbons (Fsp3) is 0.143. The molecule has 4 aromatic rings. The van der Waals surface area contributed by atoms with Crippen molar-refractivity contribution in [1.82, 2.24) is 14.6 Å². The molecule has 0 saturated heterocycles. The Balaban J connectivity index is 1.50. The second-order valence-corrected chi connectivity index (χ2v) is 7.42. The molecule has 1 aliphatic heterocycles. The zero-order valence-electron chi connectivity index (χ0n) is 15.2. The Kier molecular flexibility index (Phi) is 4.55. The summed E-state index contributed by atoms with van der Waals surface area (Å²) in [5.74, 6) is 1.88. The maximum atomic E-state index is 14.3. The van der Waals surface area contributed by atoms with Gasteiger partial charge in [-0.15, -0.1) is 0 Å². The smallest absolute Gasteiger partial charge is 0.172 e. The van der Waals surface area contributed by atoms with Gasteiger partial charge in [0.1, 0.15) is 24.8 Å². The Labute approximate surface area is 174 Å². The summed E-state index contributed by atoms with van der Waals surface area (Å²) in [5.41, 5.74) is 2.60. The normalized spacial score (nSPS) is 12.9. The lowest BCUT2D eigenvalue weighted by atomic mass is 10.1. The average molecular weight is 455 g/mol. The predicted molar refractivity (Wildman–Crippen MR) is 111 cm³/mol. The van der Waals surface area contributed by atoms with Crippen LogP contribution in [0.3, 0.4) is 0 Å². The van der Waals surface area contributed by atoms with E-state index in [1.165, 1.54) is 6.07 Å². The maximum Gasteiger partial charge on any atom is 0.172 e. The molecule has 3 heterocycles. The molecule has 29 heavy (non-hydrogen) atoms. The fourth-order valence-corrected chi connectivity index (χ4v) is 3.61. The molecule has 6 nitrogen and oxygen atoms in total.